The molecule has 0 aliphatic carbocycles. The molecule has 0 bridgehead atoms. The van der Waals surface area contributed by atoms with Gasteiger partial charge >= 0.3 is 0 Å². The van der Waals surface area contributed by atoms with Crippen molar-refractivity contribution in [2.75, 3.05) is 0 Å². The van der Waals surface area contributed by atoms with Crippen LogP contribution in [-0.4, -0.2) is 21.8 Å². The summed E-state index contributed by atoms with van der Waals surface area (Å²) in [5, 5.41) is 5.59. The minimum Gasteiger partial charge on any atom is -0.249 e. The average molecular weight is 469 g/mol. The number of hydrogen-bond donors (Lipinski definition) is 0. The first-order valence-electron chi connectivity index (χ1n) is 10.4. The van der Waals surface area contributed by atoms with Gasteiger partial charge in [-0.1, -0.05) is 85.5 Å². The predicted octanol–water partition coefficient (Wildman–Crippen LogP) is 3.78. The van der Waals surface area contributed by atoms with Gasteiger partial charge in [0.1, 0.15) is 17.6 Å². The van der Waals surface area contributed by atoms with Crippen molar-refractivity contribution in [3.05, 3.63) is 84.9 Å². The third-order valence-corrected chi connectivity index (χ3v) is 14.6. The Morgan fingerprint density at radius 2 is 1.19 bits per heavy atom. The SMILES string of the molecule is C[Si]1c2ccccc2Sc2ccc(-c3ccc4c(c3)[Si](C)c3ccccc3S4=O)cc21. The molecule has 0 amide bonds. The van der Waals surface area contributed by atoms with Crippen molar-refractivity contribution >= 4 is 60.9 Å². The highest BCUT2D eigenvalue weighted by molar-refractivity contribution is 8.00. The normalized spacial score (nSPS) is 17.4. The maximum atomic E-state index is 13.2. The van der Waals surface area contributed by atoms with Crippen LogP contribution in [0.25, 0.3) is 11.1 Å². The summed E-state index contributed by atoms with van der Waals surface area (Å²) < 4.78 is 13.2. The fourth-order valence-electron chi connectivity index (χ4n) is 4.59. The Labute approximate surface area is 193 Å². The highest BCUT2D eigenvalue weighted by Gasteiger charge is 2.29. The van der Waals surface area contributed by atoms with Crippen LogP contribution in [0.1, 0.15) is 0 Å². The van der Waals surface area contributed by atoms with Crippen molar-refractivity contribution in [1.82, 2.24) is 0 Å². The Kier molecular flexibility index (Phi) is 4.68. The van der Waals surface area contributed by atoms with Gasteiger partial charge in [0.05, 0.1) is 10.8 Å². The third kappa shape index (κ3) is 3.06. The lowest BCUT2D eigenvalue weighted by Crippen LogP contribution is -2.47. The molecule has 4 aromatic rings. The van der Waals surface area contributed by atoms with E-state index >= 15 is 0 Å². The van der Waals surface area contributed by atoms with Crippen LogP contribution in [0.2, 0.25) is 13.1 Å². The highest BCUT2D eigenvalue weighted by atomic mass is 32.2. The molecule has 2 radical (unpaired) electrons. The predicted molar refractivity (Wildman–Crippen MR) is 135 cm³/mol. The third-order valence-electron chi connectivity index (χ3n) is 6.30. The Hall–Kier alpha value is -2.19. The van der Waals surface area contributed by atoms with Gasteiger partial charge < -0.3 is 0 Å². The Balaban J connectivity index is 1.43. The molecular formula is C26H20OS2Si2. The molecule has 0 spiro atoms. The number of benzene rings is 4. The standard InChI is InChI=1S/C26H20OS2Si2/c1-30-23-9-5-3-7-19(23)28-20-13-11-17(15-25(20)30)18-12-14-22-26(16-18)31(2)24-10-6-4-8-21(24)29(22)27/h3-16H,1-2H3. The molecule has 1 nitrogen and oxygen atoms in total. The lowest BCUT2D eigenvalue weighted by molar-refractivity contribution is 0.683. The molecule has 6 rings (SSSR count). The molecule has 31 heavy (non-hydrogen) atoms. The van der Waals surface area contributed by atoms with Crippen molar-refractivity contribution < 1.29 is 4.21 Å². The van der Waals surface area contributed by atoms with Gasteiger partial charge in [0.25, 0.3) is 0 Å². The summed E-state index contributed by atoms with van der Waals surface area (Å²) in [7, 11) is -2.78. The van der Waals surface area contributed by atoms with Crippen LogP contribution in [0, 0.1) is 0 Å². The zero-order valence-electron chi connectivity index (χ0n) is 17.3. The second-order valence-electron chi connectivity index (χ2n) is 8.03. The second kappa shape index (κ2) is 7.45. The minimum atomic E-state index is -1.08. The number of hydrogen-bond acceptors (Lipinski definition) is 2. The van der Waals surface area contributed by atoms with Crippen LogP contribution in [0.4, 0.5) is 0 Å². The lowest BCUT2D eigenvalue weighted by atomic mass is 10.1. The van der Waals surface area contributed by atoms with E-state index in [9.17, 15) is 4.21 Å². The summed E-state index contributed by atoms with van der Waals surface area (Å²) in [6.45, 7) is 4.74. The molecule has 150 valence electrons. The summed E-state index contributed by atoms with van der Waals surface area (Å²) in [5.41, 5.74) is 2.51. The first-order chi connectivity index (χ1) is 15.1. The molecule has 0 saturated carbocycles. The van der Waals surface area contributed by atoms with Crippen molar-refractivity contribution in [3.8, 4) is 11.1 Å². The van der Waals surface area contributed by atoms with Crippen LogP contribution in [-0.2, 0) is 10.8 Å². The molecule has 1 unspecified atom stereocenters. The van der Waals surface area contributed by atoms with Gasteiger partial charge in [-0.2, -0.15) is 0 Å². The summed E-state index contributed by atoms with van der Waals surface area (Å²) in [6, 6.07) is 30.6. The number of fused-ring (bicyclic) bond motifs is 4. The molecule has 1 atom stereocenters. The molecule has 0 saturated heterocycles. The second-order valence-corrected chi connectivity index (χ2v) is 15.2. The van der Waals surface area contributed by atoms with E-state index in [-0.39, 0.29) is 0 Å². The Morgan fingerprint density at radius 3 is 2.03 bits per heavy atom. The summed E-state index contributed by atoms with van der Waals surface area (Å²) in [5.74, 6) is 0. The van der Waals surface area contributed by atoms with Crippen molar-refractivity contribution in [2.24, 2.45) is 0 Å². The highest BCUT2D eigenvalue weighted by Crippen LogP contribution is 2.32. The van der Waals surface area contributed by atoms with Gasteiger partial charge in [0.2, 0.25) is 0 Å². The Morgan fingerprint density at radius 1 is 0.613 bits per heavy atom. The zero-order valence-corrected chi connectivity index (χ0v) is 20.9. The maximum Gasteiger partial charge on any atom is 0.121 e. The van der Waals surface area contributed by atoms with E-state index in [2.05, 4.69) is 85.9 Å². The molecular weight excluding hydrogens is 449 g/mol. The van der Waals surface area contributed by atoms with Gasteiger partial charge in [-0.25, -0.2) is 4.21 Å². The van der Waals surface area contributed by atoms with Crippen LogP contribution in [0.3, 0.4) is 0 Å². The average Bonchev–Trinajstić information content (AvgIpc) is 2.82. The molecule has 0 aromatic heterocycles. The van der Waals surface area contributed by atoms with Crippen LogP contribution < -0.4 is 20.7 Å². The summed E-state index contributed by atoms with van der Waals surface area (Å²) >= 11 is 1.90. The van der Waals surface area contributed by atoms with E-state index in [4.69, 9.17) is 0 Å². The molecule has 2 heterocycles. The quantitative estimate of drug-likeness (QED) is 0.396. The lowest BCUT2D eigenvalue weighted by Gasteiger charge is -2.26. The van der Waals surface area contributed by atoms with Crippen molar-refractivity contribution in [1.29, 1.82) is 0 Å². The fraction of sp³-hybridized carbons (Fsp3) is 0.0769. The van der Waals surface area contributed by atoms with Crippen molar-refractivity contribution in [2.45, 2.75) is 32.7 Å². The molecule has 5 heteroatoms. The maximum absolute atomic E-state index is 13.2. The molecule has 0 fully saturated rings. The van der Waals surface area contributed by atoms with E-state index in [1.54, 1.807) is 0 Å². The van der Waals surface area contributed by atoms with Crippen molar-refractivity contribution in [3.63, 3.8) is 0 Å². The van der Waals surface area contributed by atoms with Gasteiger partial charge in [0.15, 0.2) is 0 Å². The van der Waals surface area contributed by atoms with E-state index in [1.807, 2.05) is 23.9 Å². The molecule has 2 aliphatic rings. The van der Waals surface area contributed by atoms with E-state index in [0.717, 1.165) is 9.79 Å². The van der Waals surface area contributed by atoms with Gasteiger partial charge in [-0.05, 0) is 56.1 Å². The van der Waals surface area contributed by atoms with Crippen LogP contribution in [0.5, 0.6) is 0 Å². The van der Waals surface area contributed by atoms with Crippen LogP contribution in [0.15, 0.2) is 105 Å². The van der Waals surface area contributed by atoms with Crippen LogP contribution >= 0.6 is 11.8 Å². The number of rotatable bonds is 1. The van der Waals surface area contributed by atoms with Gasteiger partial charge in [-0.3, -0.25) is 0 Å². The topological polar surface area (TPSA) is 17.1 Å². The fourth-order valence-corrected chi connectivity index (χ4v) is 13.1. The first kappa shape index (κ1) is 19.5. The van der Waals surface area contributed by atoms with Gasteiger partial charge in [0, 0.05) is 19.6 Å². The van der Waals surface area contributed by atoms with E-state index in [1.165, 1.54) is 41.7 Å². The monoisotopic (exact) mass is 468 g/mol. The van der Waals surface area contributed by atoms with E-state index in [0.29, 0.717) is 0 Å². The molecule has 0 N–H and O–H groups in total. The smallest absolute Gasteiger partial charge is 0.121 e. The minimum absolute atomic E-state index is 0.775. The first-order valence-corrected chi connectivity index (χ1v) is 16.3. The Bertz CT molecular complexity index is 1380. The summed E-state index contributed by atoms with van der Waals surface area (Å²) in [4.78, 5) is 4.81. The molecule has 4 aromatic carbocycles. The zero-order chi connectivity index (χ0) is 21.1. The summed E-state index contributed by atoms with van der Waals surface area (Å²) in [6.07, 6.45) is 0. The largest absolute Gasteiger partial charge is 0.249 e. The molecule has 2 aliphatic heterocycles. The van der Waals surface area contributed by atoms with Gasteiger partial charge in [-0.15, -0.1) is 0 Å². The van der Waals surface area contributed by atoms with E-state index < -0.39 is 28.4 Å².